The summed E-state index contributed by atoms with van der Waals surface area (Å²) in [6.45, 7) is 10.3. The van der Waals surface area contributed by atoms with Crippen LogP contribution in [0.15, 0.2) is 36.5 Å². The predicted octanol–water partition coefficient (Wildman–Crippen LogP) is 4.93. The molecule has 0 atom stereocenters. The quantitative estimate of drug-likeness (QED) is 0.393. The Morgan fingerprint density at radius 2 is 1.91 bits per heavy atom. The van der Waals surface area contributed by atoms with Crippen LogP contribution in [0.3, 0.4) is 0 Å². The summed E-state index contributed by atoms with van der Waals surface area (Å²) in [7, 11) is 0. The van der Waals surface area contributed by atoms with Crippen molar-refractivity contribution in [2.75, 3.05) is 23.7 Å². The molecular formula is C26H31N7O. The molecule has 176 valence electrons. The minimum absolute atomic E-state index is 0.00787. The summed E-state index contributed by atoms with van der Waals surface area (Å²) in [5, 5.41) is 7.47. The van der Waals surface area contributed by atoms with Crippen molar-refractivity contribution in [3.63, 3.8) is 0 Å². The first-order chi connectivity index (χ1) is 16.4. The molecule has 2 aromatic heterocycles. The summed E-state index contributed by atoms with van der Waals surface area (Å²) in [5.41, 5.74) is 5.10. The van der Waals surface area contributed by atoms with E-state index in [9.17, 15) is 4.79 Å². The third kappa shape index (κ3) is 4.46. The lowest BCUT2D eigenvalue weighted by Gasteiger charge is -2.33. The number of rotatable bonds is 5. The van der Waals surface area contributed by atoms with Crippen LogP contribution in [0.4, 0.5) is 17.3 Å². The van der Waals surface area contributed by atoms with Crippen LogP contribution in [0, 0.1) is 19.8 Å². The number of benzene rings is 2. The molecule has 1 amide bonds. The number of fused-ring (bicyclic) bond motifs is 2. The topological polar surface area (TPSA) is 98.8 Å². The van der Waals surface area contributed by atoms with E-state index >= 15 is 0 Å². The van der Waals surface area contributed by atoms with E-state index in [-0.39, 0.29) is 11.8 Å². The fraction of sp³-hybridized carbons (Fsp3) is 0.385. The third-order valence-corrected chi connectivity index (χ3v) is 6.66. The van der Waals surface area contributed by atoms with E-state index in [2.05, 4.69) is 44.3 Å². The second kappa shape index (κ2) is 9.02. The molecule has 0 unspecified atom stereocenters. The maximum atomic E-state index is 13.1. The summed E-state index contributed by atoms with van der Waals surface area (Å²) < 4.78 is 0. The van der Waals surface area contributed by atoms with Gasteiger partial charge < -0.3 is 20.5 Å². The van der Waals surface area contributed by atoms with Gasteiger partial charge in [-0.2, -0.15) is 0 Å². The third-order valence-electron chi connectivity index (χ3n) is 6.66. The van der Waals surface area contributed by atoms with Gasteiger partial charge in [-0.15, -0.1) is 0 Å². The maximum absolute atomic E-state index is 13.1. The molecule has 0 aliphatic carbocycles. The van der Waals surface area contributed by atoms with Gasteiger partial charge >= 0.3 is 0 Å². The summed E-state index contributed by atoms with van der Waals surface area (Å²) in [6.07, 6.45) is 3.56. The molecule has 1 fully saturated rings. The van der Waals surface area contributed by atoms with Crippen molar-refractivity contribution in [2.24, 2.45) is 5.92 Å². The Bertz CT molecular complexity index is 1350. The van der Waals surface area contributed by atoms with E-state index in [1.54, 1.807) is 0 Å². The fourth-order valence-electron chi connectivity index (χ4n) is 4.71. The number of anilines is 3. The Balaban J connectivity index is 1.40. The lowest BCUT2D eigenvalue weighted by atomic mass is 9.95. The standard InChI is InChI=1S/C26H31N7O/c1-15(2)33-10-8-18(9-11-33)25(34)31-22-13-20(12-21-24(22)29-17(4)28-21)30-26-27-14-19-7-5-6-16(3)23(19)32-26/h5-7,12-15,18H,8-11H2,1-4H3,(H,28,29)(H,31,34)(H,27,30,32). The van der Waals surface area contributed by atoms with Crippen molar-refractivity contribution in [3.8, 4) is 0 Å². The van der Waals surface area contributed by atoms with Crippen LogP contribution in [0.2, 0.25) is 0 Å². The van der Waals surface area contributed by atoms with Gasteiger partial charge in [-0.1, -0.05) is 18.2 Å². The summed E-state index contributed by atoms with van der Waals surface area (Å²) in [4.78, 5) is 32.6. The molecule has 3 heterocycles. The number of piperidine rings is 1. The summed E-state index contributed by atoms with van der Waals surface area (Å²) in [5.74, 6) is 1.37. The average Bonchev–Trinajstić information content (AvgIpc) is 3.20. The first-order valence-corrected chi connectivity index (χ1v) is 11.9. The van der Waals surface area contributed by atoms with Gasteiger partial charge in [0, 0.05) is 29.2 Å². The van der Waals surface area contributed by atoms with E-state index in [1.165, 1.54) is 0 Å². The molecule has 4 aromatic rings. The van der Waals surface area contributed by atoms with Crippen molar-refractivity contribution in [3.05, 3.63) is 47.9 Å². The van der Waals surface area contributed by atoms with Gasteiger partial charge in [-0.05, 0) is 71.3 Å². The van der Waals surface area contributed by atoms with Crippen molar-refractivity contribution >= 4 is 45.2 Å². The van der Waals surface area contributed by atoms with Crippen LogP contribution in [-0.2, 0) is 4.79 Å². The van der Waals surface area contributed by atoms with Gasteiger partial charge in [0.05, 0.1) is 16.7 Å². The highest BCUT2D eigenvalue weighted by molar-refractivity contribution is 6.02. The average molecular weight is 458 g/mol. The second-order valence-corrected chi connectivity index (χ2v) is 9.47. The van der Waals surface area contributed by atoms with Crippen LogP contribution in [0.25, 0.3) is 21.9 Å². The molecule has 3 N–H and O–H groups in total. The van der Waals surface area contributed by atoms with Crippen molar-refractivity contribution in [1.29, 1.82) is 0 Å². The zero-order valence-corrected chi connectivity index (χ0v) is 20.1. The van der Waals surface area contributed by atoms with Crippen molar-refractivity contribution < 1.29 is 4.79 Å². The molecule has 2 aromatic carbocycles. The van der Waals surface area contributed by atoms with Gasteiger partial charge in [0.15, 0.2) is 0 Å². The predicted molar refractivity (Wildman–Crippen MR) is 136 cm³/mol. The lowest BCUT2D eigenvalue weighted by Crippen LogP contribution is -2.41. The first-order valence-electron chi connectivity index (χ1n) is 11.9. The number of imidazole rings is 1. The zero-order chi connectivity index (χ0) is 23.8. The van der Waals surface area contributed by atoms with Crippen LogP contribution in [-0.4, -0.2) is 49.9 Å². The van der Waals surface area contributed by atoms with E-state index in [0.29, 0.717) is 17.7 Å². The number of aryl methyl sites for hydroxylation is 2. The molecule has 8 heteroatoms. The minimum atomic E-state index is 0.00787. The molecule has 1 aliphatic heterocycles. The number of aromatic nitrogens is 4. The van der Waals surface area contributed by atoms with E-state index in [0.717, 1.165) is 64.9 Å². The summed E-state index contributed by atoms with van der Waals surface area (Å²) in [6, 6.07) is 10.4. The van der Waals surface area contributed by atoms with E-state index < -0.39 is 0 Å². The first kappa shape index (κ1) is 22.3. The minimum Gasteiger partial charge on any atom is -0.342 e. The molecule has 0 saturated carbocycles. The normalized spacial score (nSPS) is 15.3. The number of nitrogens with zero attached hydrogens (tertiary/aromatic N) is 4. The molecule has 5 rings (SSSR count). The number of amides is 1. The lowest BCUT2D eigenvalue weighted by molar-refractivity contribution is -0.121. The number of hydrogen-bond acceptors (Lipinski definition) is 6. The molecular weight excluding hydrogens is 426 g/mol. The highest BCUT2D eigenvalue weighted by Crippen LogP contribution is 2.30. The molecule has 1 saturated heterocycles. The smallest absolute Gasteiger partial charge is 0.227 e. The Morgan fingerprint density at radius 3 is 2.68 bits per heavy atom. The number of carbonyl (C=O) groups excluding carboxylic acids is 1. The fourth-order valence-corrected chi connectivity index (χ4v) is 4.71. The Morgan fingerprint density at radius 1 is 1.12 bits per heavy atom. The number of carbonyl (C=O) groups is 1. The number of H-pyrrole nitrogens is 1. The molecule has 0 bridgehead atoms. The number of hydrogen-bond donors (Lipinski definition) is 3. The van der Waals surface area contributed by atoms with E-state index in [1.807, 2.05) is 50.4 Å². The van der Waals surface area contributed by atoms with E-state index in [4.69, 9.17) is 4.98 Å². The SMILES string of the molecule is Cc1nc2c(NC(=O)C3CCN(C(C)C)CC3)cc(Nc3ncc4cccc(C)c4n3)cc2[nH]1. The second-order valence-electron chi connectivity index (χ2n) is 9.47. The highest BCUT2D eigenvalue weighted by Gasteiger charge is 2.26. The monoisotopic (exact) mass is 457 g/mol. The van der Waals surface area contributed by atoms with Gasteiger partial charge in [-0.3, -0.25) is 4.79 Å². The Kier molecular flexibility index (Phi) is 5.91. The highest BCUT2D eigenvalue weighted by atomic mass is 16.1. The van der Waals surface area contributed by atoms with Crippen molar-refractivity contribution in [1.82, 2.24) is 24.8 Å². The Labute approximate surface area is 199 Å². The van der Waals surface area contributed by atoms with Gasteiger partial charge in [0.2, 0.25) is 11.9 Å². The van der Waals surface area contributed by atoms with Crippen LogP contribution in [0.1, 0.15) is 38.1 Å². The molecule has 0 spiro atoms. The van der Waals surface area contributed by atoms with Crippen LogP contribution < -0.4 is 10.6 Å². The zero-order valence-electron chi connectivity index (χ0n) is 20.1. The molecule has 8 nitrogen and oxygen atoms in total. The molecule has 1 aliphatic rings. The number of aromatic amines is 1. The Hall–Kier alpha value is -3.52. The molecule has 34 heavy (non-hydrogen) atoms. The largest absolute Gasteiger partial charge is 0.342 e. The number of para-hydroxylation sites is 1. The summed E-state index contributed by atoms with van der Waals surface area (Å²) >= 11 is 0. The van der Waals surface area contributed by atoms with Gasteiger partial charge in [-0.25, -0.2) is 15.0 Å². The van der Waals surface area contributed by atoms with Crippen LogP contribution in [0.5, 0.6) is 0 Å². The maximum Gasteiger partial charge on any atom is 0.227 e. The number of nitrogens with one attached hydrogen (secondary N) is 3. The van der Waals surface area contributed by atoms with Crippen LogP contribution >= 0.6 is 0 Å². The van der Waals surface area contributed by atoms with Gasteiger partial charge in [0.25, 0.3) is 0 Å². The van der Waals surface area contributed by atoms with Gasteiger partial charge in [0.1, 0.15) is 11.3 Å². The van der Waals surface area contributed by atoms with Crippen molar-refractivity contribution in [2.45, 2.75) is 46.6 Å². The number of likely N-dealkylation sites (tertiary alicyclic amines) is 1. The molecule has 0 radical (unpaired) electrons.